The Bertz CT molecular complexity index is 90.9. The van der Waals surface area contributed by atoms with Gasteiger partial charge in [0.1, 0.15) is 0 Å². The third-order valence-corrected chi connectivity index (χ3v) is 2.69. The number of hydrogen-bond donors (Lipinski definition) is 0. The van der Waals surface area contributed by atoms with Crippen LogP contribution in [0.3, 0.4) is 0 Å². The van der Waals surface area contributed by atoms with Crippen LogP contribution in [0.4, 0.5) is 0 Å². The standard InChI is InChI=1S/C8H16O.C2H6/c1-6-4-5-8(9-3)7(6)2;1-2/h6-8H,4-5H2,1-3H3;1-2H3. The maximum absolute atomic E-state index is 5.29. The number of rotatable bonds is 1. The fraction of sp³-hybridized carbons (Fsp3) is 1.00. The van der Waals surface area contributed by atoms with Crippen molar-refractivity contribution in [2.75, 3.05) is 7.11 Å². The lowest BCUT2D eigenvalue weighted by molar-refractivity contribution is 0.0700. The van der Waals surface area contributed by atoms with Crippen LogP contribution in [-0.4, -0.2) is 13.2 Å². The zero-order chi connectivity index (χ0) is 8.85. The molecule has 0 aliphatic heterocycles. The lowest BCUT2D eigenvalue weighted by Gasteiger charge is -2.15. The van der Waals surface area contributed by atoms with Crippen LogP contribution < -0.4 is 0 Å². The van der Waals surface area contributed by atoms with E-state index in [4.69, 9.17) is 4.74 Å². The van der Waals surface area contributed by atoms with E-state index in [1.807, 2.05) is 21.0 Å². The van der Waals surface area contributed by atoms with E-state index >= 15 is 0 Å². The minimum Gasteiger partial charge on any atom is -0.381 e. The highest BCUT2D eigenvalue weighted by Gasteiger charge is 2.29. The highest BCUT2D eigenvalue weighted by molar-refractivity contribution is 4.79. The van der Waals surface area contributed by atoms with Crippen molar-refractivity contribution < 1.29 is 4.74 Å². The van der Waals surface area contributed by atoms with Crippen molar-refractivity contribution in [2.45, 2.75) is 46.6 Å². The van der Waals surface area contributed by atoms with Gasteiger partial charge < -0.3 is 4.74 Å². The third kappa shape index (κ3) is 2.82. The van der Waals surface area contributed by atoms with Gasteiger partial charge in [0.15, 0.2) is 0 Å². The van der Waals surface area contributed by atoms with E-state index in [0.29, 0.717) is 6.10 Å². The molecule has 0 heterocycles. The summed E-state index contributed by atoms with van der Waals surface area (Å²) in [5.41, 5.74) is 0. The van der Waals surface area contributed by atoms with Gasteiger partial charge in [-0.05, 0) is 24.7 Å². The lowest BCUT2D eigenvalue weighted by Crippen LogP contribution is -2.16. The summed E-state index contributed by atoms with van der Waals surface area (Å²) in [6.45, 7) is 8.59. The second-order valence-corrected chi connectivity index (χ2v) is 3.19. The Morgan fingerprint density at radius 1 is 1.09 bits per heavy atom. The molecule has 0 aromatic rings. The summed E-state index contributed by atoms with van der Waals surface area (Å²) in [4.78, 5) is 0. The summed E-state index contributed by atoms with van der Waals surface area (Å²) in [6.07, 6.45) is 3.15. The first-order chi connectivity index (χ1) is 5.25. The average Bonchev–Trinajstić information content (AvgIpc) is 2.37. The summed E-state index contributed by atoms with van der Waals surface area (Å²) >= 11 is 0. The first-order valence-electron chi connectivity index (χ1n) is 4.78. The molecule has 0 saturated heterocycles. The van der Waals surface area contributed by atoms with Crippen LogP contribution in [-0.2, 0) is 4.74 Å². The molecule has 0 bridgehead atoms. The normalized spacial score (nSPS) is 36.3. The molecular weight excluding hydrogens is 136 g/mol. The van der Waals surface area contributed by atoms with Gasteiger partial charge in [-0.25, -0.2) is 0 Å². The van der Waals surface area contributed by atoms with E-state index in [9.17, 15) is 0 Å². The molecule has 1 aliphatic carbocycles. The van der Waals surface area contributed by atoms with E-state index in [2.05, 4.69) is 13.8 Å². The van der Waals surface area contributed by atoms with Crippen LogP contribution in [0.5, 0.6) is 0 Å². The Kier molecular flexibility index (Phi) is 5.57. The highest BCUT2D eigenvalue weighted by Crippen LogP contribution is 2.32. The largest absolute Gasteiger partial charge is 0.381 e. The van der Waals surface area contributed by atoms with Crippen molar-refractivity contribution in [1.82, 2.24) is 0 Å². The zero-order valence-corrected chi connectivity index (χ0v) is 8.55. The molecule has 11 heavy (non-hydrogen) atoms. The molecule has 1 nitrogen and oxygen atoms in total. The summed E-state index contributed by atoms with van der Waals surface area (Å²) in [5, 5.41) is 0. The molecule has 1 rings (SSSR count). The van der Waals surface area contributed by atoms with Crippen molar-refractivity contribution in [3.63, 3.8) is 0 Å². The maximum atomic E-state index is 5.29. The van der Waals surface area contributed by atoms with Gasteiger partial charge in [-0.1, -0.05) is 27.7 Å². The van der Waals surface area contributed by atoms with Gasteiger partial charge >= 0.3 is 0 Å². The smallest absolute Gasteiger partial charge is 0.0599 e. The van der Waals surface area contributed by atoms with E-state index < -0.39 is 0 Å². The van der Waals surface area contributed by atoms with E-state index in [1.54, 1.807) is 0 Å². The van der Waals surface area contributed by atoms with Gasteiger partial charge in [-0.15, -0.1) is 0 Å². The quantitative estimate of drug-likeness (QED) is 0.570. The average molecular weight is 158 g/mol. The van der Waals surface area contributed by atoms with E-state index in [-0.39, 0.29) is 0 Å². The summed E-state index contributed by atoms with van der Waals surface area (Å²) in [5.74, 6) is 1.64. The van der Waals surface area contributed by atoms with Gasteiger partial charge in [0.05, 0.1) is 6.10 Å². The predicted molar refractivity (Wildman–Crippen MR) is 49.7 cm³/mol. The molecule has 0 amide bonds. The molecule has 0 aromatic heterocycles. The molecule has 1 fully saturated rings. The third-order valence-electron chi connectivity index (χ3n) is 2.69. The Morgan fingerprint density at radius 3 is 1.82 bits per heavy atom. The molecule has 1 saturated carbocycles. The van der Waals surface area contributed by atoms with Gasteiger partial charge in [0.25, 0.3) is 0 Å². The number of hydrogen-bond acceptors (Lipinski definition) is 1. The molecule has 0 radical (unpaired) electrons. The number of methoxy groups -OCH3 is 1. The molecule has 0 spiro atoms. The predicted octanol–water partition coefficient (Wildman–Crippen LogP) is 3.09. The SMILES string of the molecule is CC.COC1CCC(C)C1C. The van der Waals surface area contributed by atoms with Crippen LogP contribution >= 0.6 is 0 Å². The maximum Gasteiger partial charge on any atom is 0.0599 e. The first-order valence-corrected chi connectivity index (χ1v) is 4.78. The van der Waals surface area contributed by atoms with Crippen molar-refractivity contribution in [1.29, 1.82) is 0 Å². The van der Waals surface area contributed by atoms with Crippen LogP contribution in [0.15, 0.2) is 0 Å². The topological polar surface area (TPSA) is 9.23 Å². The molecule has 1 aliphatic rings. The molecule has 68 valence electrons. The zero-order valence-electron chi connectivity index (χ0n) is 8.55. The van der Waals surface area contributed by atoms with Crippen LogP contribution in [0, 0.1) is 11.8 Å². The Hall–Kier alpha value is -0.0400. The Balaban J connectivity index is 0.000000461. The lowest BCUT2D eigenvalue weighted by atomic mass is 9.99. The second kappa shape index (κ2) is 5.59. The first kappa shape index (κ1) is 11.0. The Labute approximate surface area is 71.1 Å². The van der Waals surface area contributed by atoms with Crippen molar-refractivity contribution in [3.05, 3.63) is 0 Å². The van der Waals surface area contributed by atoms with Gasteiger partial charge in [0.2, 0.25) is 0 Å². The minimum absolute atomic E-state index is 0.542. The van der Waals surface area contributed by atoms with Crippen molar-refractivity contribution in [2.24, 2.45) is 11.8 Å². The van der Waals surface area contributed by atoms with Gasteiger partial charge in [-0.2, -0.15) is 0 Å². The fourth-order valence-electron chi connectivity index (χ4n) is 1.65. The monoisotopic (exact) mass is 158 g/mol. The molecule has 3 atom stereocenters. The molecule has 0 N–H and O–H groups in total. The van der Waals surface area contributed by atoms with Crippen LogP contribution in [0.2, 0.25) is 0 Å². The summed E-state index contributed by atoms with van der Waals surface area (Å²) < 4.78 is 5.29. The summed E-state index contributed by atoms with van der Waals surface area (Å²) in [6, 6.07) is 0. The van der Waals surface area contributed by atoms with Gasteiger partial charge in [0, 0.05) is 7.11 Å². The second-order valence-electron chi connectivity index (χ2n) is 3.19. The summed E-state index contributed by atoms with van der Waals surface area (Å²) in [7, 11) is 1.82. The van der Waals surface area contributed by atoms with Gasteiger partial charge in [-0.3, -0.25) is 0 Å². The van der Waals surface area contributed by atoms with Crippen molar-refractivity contribution in [3.8, 4) is 0 Å². The molecular formula is C10H22O. The van der Waals surface area contributed by atoms with Crippen molar-refractivity contribution >= 4 is 0 Å². The van der Waals surface area contributed by atoms with Crippen LogP contribution in [0.25, 0.3) is 0 Å². The Morgan fingerprint density at radius 2 is 1.64 bits per heavy atom. The number of ether oxygens (including phenoxy) is 1. The van der Waals surface area contributed by atoms with E-state index in [0.717, 1.165) is 11.8 Å². The molecule has 1 heteroatoms. The minimum atomic E-state index is 0.542. The van der Waals surface area contributed by atoms with E-state index in [1.165, 1.54) is 12.8 Å². The highest BCUT2D eigenvalue weighted by atomic mass is 16.5. The fourth-order valence-corrected chi connectivity index (χ4v) is 1.65. The molecule has 0 aromatic carbocycles. The molecule has 3 unspecified atom stereocenters. The van der Waals surface area contributed by atoms with Crippen LogP contribution in [0.1, 0.15) is 40.5 Å².